The smallest absolute Gasteiger partial charge is 0.319 e. The number of carbonyl (C=O) groups excluding carboxylic acids is 2. The number of rotatable bonds is 5. The number of benzene rings is 2. The van der Waals surface area contributed by atoms with Crippen LogP contribution in [0.2, 0.25) is 0 Å². The maximum Gasteiger partial charge on any atom is 0.319 e. The van der Waals surface area contributed by atoms with Gasteiger partial charge in [0.05, 0.1) is 18.3 Å². The van der Waals surface area contributed by atoms with Gasteiger partial charge in [0, 0.05) is 18.7 Å². The van der Waals surface area contributed by atoms with E-state index in [1.54, 1.807) is 30.3 Å². The van der Waals surface area contributed by atoms with Crippen LogP contribution in [-0.2, 0) is 4.79 Å². The predicted octanol–water partition coefficient (Wildman–Crippen LogP) is 3.15. The van der Waals surface area contributed by atoms with Gasteiger partial charge in [-0.3, -0.25) is 4.79 Å². The largest absolute Gasteiger partial charge is 0.492 e. The van der Waals surface area contributed by atoms with E-state index in [1.165, 1.54) is 17.0 Å². The number of para-hydroxylation sites is 2. The number of amides is 3. The molecule has 2 N–H and O–H groups in total. The summed E-state index contributed by atoms with van der Waals surface area (Å²) in [6.07, 6.45) is 0.164. The Balaban J connectivity index is 1.61. The van der Waals surface area contributed by atoms with E-state index in [4.69, 9.17) is 4.74 Å². The minimum absolute atomic E-state index is 0.157. The second-order valence-corrected chi connectivity index (χ2v) is 5.91. The van der Waals surface area contributed by atoms with Crippen LogP contribution in [0.25, 0.3) is 0 Å². The number of carbonyl (C=O) groups is 2. The van der Waals surface area contributed by atoms with Gasteiger partial charge in [-0.05, 0) is 37.3 Å². The summed E-state index contributed by atoms with van der Waals surface area (Å²) in [5, 5.41) is 5.52. The normalized spacial score (nSPS) is 16.5. The Hall–Kier alpha value is -3.09. The van der Waals surface area contributed by atoms with Gasteiger partial charge < -0.3 is 20.3 Å². The van der Waals surface area contributed by atoms with E-state index in [2.05, 4.69) is 10.6 Å². The van der Waals surface area contributed by atoms with Gasteiger partial charge in [-0.15, -0.1) is 0 Å². The van der Waals surface area contributed by atoms with Crippen LogP contribution in [0.5, 0.6) is 5.75 Å². The lowest BCUT2D eigenvalue weighted by molar-refractivity contribution is -0.117. The zero-order valence-corrected chi connectivity index (χ0v) is 14.4. The van der Waals surface area contributed by atoms with Gasteiger partial charge in [0.15, 0.2) is 0 Å². The third kappa shape index (κ3) is 4.11. The third-order valence-electron chi connectivity index (χ3n) is 4.02. The van der Waals surface area contributed by atoms with Crippen LogP contribution in [0.15, 0.2) is 48.5 Å². The highest BCUT2D eigenvalue weighted by molar-refractivity contribution is 5.97. The van der Waals surface area contributed by atoms with Crippen LogP contribution >= 0.6 is 0 Å². The maximum atomic E-state index is 13.4. The summed E-state index contributed by atoms with van der Waals surface area (Å²) < 4.78 is 18.8. The van der Waals surface area contributed by atoms with Crippen LogP contribution < -0.4 is 20.3 Å². The molecule has 136 valence electrons. The molecule has 1 aliphatic heterocycles. The van der Waals surface area contributed by atoms with Gasteiger partial charge in [0.25, 0.3) is 0 Å². The van der Waals surface area contributed by atoms with Gasteiger partial charge in [-0.2, -0.15) is 0 Å². The van der Waals surface area contributed by atoms with Crippen molar-refractivity contribution in [1.82, 2.24) is 5.32 Å². The Kier molecular flexibility index (Phi) is 5.36. The molecular formula is C19H20FN3O3. The van der Waals surface area contributed by atoms with Gasteiger partial charge >= 0.3 is 6.03 Å². The minimum Gasteiger partial charge on any atom is -0.492 e. The summed E-state index contributed by atoms with van der Waals surface area (Å²) in [5.41, 5.74) is 1.04. The Morgan fingerprint density at radius 1 is 1.27 bits per heavy atom. The van der Waals surface area contributed by atoms with Crippen molar-refractivity contribution in [2.24, 2.45) is 0 Å². The quantitative estimate of drug-likeness (QED) is 0.864. The highest BCUT2D eigenvalue weighted by Gasteiger charge is 2.31. The number of hydrogen-bond donors (Lipinski definition) is 2. The minimum atomic E-state index is -0.420. The van der Waals surface area contributed by atoms with Crippen molar-refractivity contribution in [2.75, 3.05) is 23.4 Å². The molecule has 0 saturated carbocycles. The summed E-state index contributed by atoms with van der Waals surface area (Å²) in [6.45, 7) is 2.64. The molecule has 0 bridgehead atoms. The Morgan fingerprint density at radius 2 is 2.08 bits per heavy atom. The first kappa shape index (κ1) is 17.7. The van der Waals surface area contributed by atoms with Crippen molar-refractivity contribution >= 4 is 23.3 Å². The zero-order chi connectivity index (χ0) is 18.5. The van der Waals surface area contributed by atoms with Gasteiger partial charge in [-0.25, -0.2) is 9.18 Å². The van der Waals surface area contributed by atoms with Gasteiger partial charge in [0.1, 0.15) is 11.6 Å². The van der Waals surface area contributed by atoms with Gasteiger partial charge in [0.2, 0.25) is 5.91 Å². The lowest BCUT2D eigenvalue weighted by Gasteiger charge is -2.18. The highest BCUT2D eigenvalue weighted by atomic mass is 19.1. The number of anilines is 2. The monoisotopic (exact) mass is 357 g/mol. The lowest BCUT2D eigenvalue weighted by atomic mass is 10.2. The molecule has 7 heteroatoms. The van der Waals surface area contributed by atoms with E-state index in [0.717, 1.165) is 0 Å². The zero-order valence-electron chi connectivity index (χ0n) is 14.4. The van der Waals surface area contributed by atoms with Crippen molar-refractivity contribution in [3.05, 3.63) is 54.3 Å². The fraction of sp³-hybridized carbons (Fsp3) is 0.263. The van der Waals surface area contributed by atoms with Crippen LogP contribution in [0.4, 0.5) is 20.6 Å². The molecule has 0 unspecified atom stereocenters. The van der Waals surface area contributed by atoms with Crippen molar-refractivity contribution in [3.8, 4) is 5.75 Å². The summed E-state index contributed by atoms with van der Waals surface area (Å²) >= 11 is 0. The molecule has 0 aliphatic carbocycles. The van der Waals surface area contributed by atoms with E-state index in [0.29, 0.717) is 30.3 Å². The summed E-state index contributed by atoms with van der Waals surface area (Å²) in [6, 6.07) is 12.2. The first-order valence-electron chi connectivity index (χ1n) is 8.42. The van der Waals surface area contributed by atoms with E-state index in [1.807, 2.05) is 13.0 Å². The molecule has 3 rings (SSSR count). The summed E-state index contributed by atoms with van der Waals surface area (Å²) in [5.74, 6) is 0.0154. The van der Waals surface area contributed by atoms with Crippen LogP contribution in [0.3, 0.4) is 0 Å². The fourth-order valence-corrected chi connectivity index (χ4v) is 2.89. The molecule has 2 aromatic rings. The molecular weight excluding hydrogens is 337 g/mol. The molecule has 1 saturated heterocycles. The topological polar surface area (TPSA) is 70.7 Å². The molecule has 6 nitrogen and oxygen atoms in total. The molecule has 26 heavy (non-hydrogen) atoms. The van der Waals surface area contributed by atoms with E-state index in [9.17, 15) is 14.0 Å². The van der Waals surface area contributed by atoms with Crippen LogP contribution in [-0.4, -0.2) is 31.1 Å². The maximum absolute atomic E-state index is 13.4. The number of urea groups is 1. The Morgan fingerprint density at radius 3 is 2.85 bits per heavy atom. The molecule has 0 radical (unpaired) electrons. The Bertz CT molecular complexity index is 812. The highest BCUT2D eigenvalue weighted by Crippen LogP contribution is 2.24. The second kappa shape index (κ2) is 7.86. The third-order valence-corrected chi connectivity index (χ3v) is 4.02. The molecule has 0 spiro atoms. The molecule has 0 aromatic heterocycles. The fourth-order valence-electron chi connectivity index (χ4n) is 2.89. The van der Waals surface area contributed by atoms with Crippen LogP contribution in [0.1, 0.15) is 13.3 Å². The predicted molar refractivity (Wildman–Crippen MR) is 96.9 cm³/mol. The Labute approximate surface area is 150 Å². The molecule has 1 heterocycles. The first-order valence-corrected chi connectivity index (χ1v) is 8.42. The average Bonchev–Trinajstić information content (AvgIpc) is 2.97. The number of hydrogen-bond acceptors (Lipinski definition) is 3. The van der Waals surface area contributed by atoms with Crippen molar-refractivity contribution in [1.29, 1.82) is 0 Å². The van der Waals surface area contributed by atoms with Crippen molar-refractivity contribution < 1.29 is 18.7 Å². The first-order chi connectivity index (χ1) is 12.6. The van der Waals surface area contributed by atoms with E-state index in [-0.39, 0.29) is 18.4 Å². The second-order valence-electron chi connectivity index (χ2n) is 5.91. The summed E-state index contributed by atoms with van der Waals surface area (Å²) in [7, 11) is 0. The molecule has 2 aromatic carbocycles. The molecule has 1 aliphatic rings. The van der Waals surface area contributed by atoms with Gasteiger partial charge in [-0.1, -0.05) is 18.2 Å². The van der Waals surface area contributed by atoms with E-state index >= 15 is 0 Å². The molecule has 1 fully saturated rings. The molecule has 3 amide bonds. The standard InChI is InChI=1S/C19H20FN3O3/c1-2-26-17-9-4-3-8-16(17)22-19(25)21-14-11-18(24)23(12-14)15-7-5-6-13(20)10-15/h3-10,14H,2,11-12H2,1H3,(H2,21,22,25)/t14-/m0/s1. The number of ether oxygens (including phenoxy) is 1. The lowest BCUT2D eigenvalue weighted by Crippen LogP contribution is -2.39. The average molecular weight is 357 g/mol. The summed E-state index contributed by atoms with van der Waals surface area (Å²) in [4.78, 5) is 25.9. The number of nitrogens with zero attached hydrogens (tertiary/aromatic N) is 1. The number of halogens is 1. The van der Waals surface area contributed by atoms with Crippen LogP contribution in [0, 0.1) is 5.82 Å². The van der Waals surface area contributed by atoms with E-state index < -0.39 is 11.8 Å². The number of nitrogens with one attached hydrogen (secondary N) is 2. The molecule has 1 atom stereocenters. The SMILES string of the molecule is CCOc1ccccc1NC(=O)N[C@H]1CC(=O)N(c2cccc(F)c2)C1. The van der Waals surface area contributed by atoms with Crippen molar-refractivity contribution in [2.45, 2.75) is 19.4 Å². The van der Waals surface area contributed by atoms with Crippen molar-refractivity contribution in [3.63, 3.8) is 0 Å².